The predicted octanol–water partition coefficient (Wildman–Crippen LogP) is 4.02. The maximum absolute atomic E-state index is 12.4. The van der Waals surface area contributed by atoms with Gasteiger partial charge in [-0.1, -0.05) is 6.07 Å². The van der Waals surface area contributed by atoms with Gasteiger partial charge in [0.25, 0.3) is 11.6 Å². The quantitative estimate of drug-likeness (QED) is 0.459. The number of hydrogen-bond donors (Lipinski definition) is 2. The lowest BCUT2D eigenvalue weighted by atomic mass is 10.1. The summed E-state index contributed by atoms with van der Waals surface area (Å²) in [6, 6.07) is 12.3. The Kier molecular flexibility index (Phi) is 6.20. The molecular formula is C20H22N4O3S. The van der Waals surface area contributed by atoms with Crippen molar-refractivity contribution in [2.75, 3.05) is 23.3 Å². The fraction of sp³-hybridized carbons (Fsp3) is 0.300. The summed E-state index contributed by atoms with van der Waals surface area (Å²) in [5, 5.41) is 16.7. The summed E-state index contributed by atoms with van der Waals surface area (Å²) in [5.74, 6) is -0.483. The molecule has 0 spiro atoms. The van der Waals surface area contributed by atoms with E-state index in [1.165, 1.54) is 43.1 Å². The molecule has 1 heterocycles. The molecule has 28 heavy (non-hydrogen) atoms. The third-order valence-electron chi connectivity index (χ3n) is 4.82. The van der Waals surface area contributed by atoms with Crippen LogP contribution in [0.25, 0.3) is 0 Å². The lowest BCUT2D eigenvalue weighted by Gasteiger charge is -2.28. The minimum Gasteiger partial charge on any atom is -0.372 e. The Morgan fingerprint density at radius 1 is 1.11 bits per heavy atom. The van der Waals surface area contributed by atoms with Gasteiger partial charge < -0.3 is 10.2 Å². The standard InChI is InChI=1S/C20H22N4O3S/c1-14-17(6-5-7-18(14)24(26)27)19(25)22-20(28)21-15-8-10-16(11-9-15)23-12-3-2-4-13-23/h5-11H,2-4,12-13H2,1H3,(H2,21,22,25,28). The molecule has 7 nitrogen and oxygen atoms in total. The summed E-state index contributed by atoms with van der Waals surface area (Å²) < 4.78 is 0. The first-order chi connectivity index (χ1) is 13.5. The Morgan fingerprint density at radius 2 is 1.79 bits per heavy atom. The van der Waals surface area contributed by atoms with E-state index < -0.39 is 10.8 Å². The van der Waals surface area contributed by atoms with E-state index in [2.05, 4.69) is 15.5 Å². The van der Waals surface area contributed by atoms with Gasteiger partial charge in [0.15, 0.2) is 5.11 Å². The van der Waals surface area contributed by atoms with Gasteiger partial charge in [-0.15, -0.1) is 0 Å². The van der Waals surface area contributed by atoms with Crippen molar-refractivity contribution >= 4 is 40.3 Å². The number of nitro groups is 1. The van der Waals surface area contributed by atoms with E-state index in [1.807, 2.05) is 24.3 Å². The minimum absolute atomic E-state index is 0.0974. The smallest absolute Gasteiger partial charge is 0.273 e. The number of piperidine rings is 1. The molecule has 3 rings (SSSR count). The number of thiocarbonyl (C=S) groups is 1. The van der Waals surface area contributed by atoms with Crippen LogP contribution in [-0.2, 0) is 0 Å². The number of anilines is 2. The van der Waals surface area contributed by atoms with Gasteiger partial charge in [-0.2, -0.15) is 0 Å². The molecule has 1 saturated heterocycles. The van der Waals surface area contributed by atoms with Crippen LogP contribution in [0.15, 0.2) is 42.5 Å². The van der Waals surface area contributed by atoms with E-state index in [9.17, 15) is 14.9 Å². The lowest BCUT2D eigenvalue weighted by Crippen LogP contribution is -2.34. The molecular weight excluding hydrogens is 376 g/mol. The number of hydrogen-bond acceptors (Lipinski definition) is 5. The molecule has 2 aromatic rings. The van der Waals surface area contributed by atoms with E-state index in [0.29, 0.717) is 5.56 Å². The third-order valence-corrected chi connectivity index (χ3v) is 5.02. The van der Waals surface area contributed by atoms with E-state index in [-0.39, 0.29) is 16.4 Å². The molecule has 0 aliphatic carbocycles. The topological polar surface area (TPSA) is 87.5 Å². The molecule has 1 aliphatic rings. The van der Waals surface area contributed by atoms with Crippen LogP contribution in [0.1, 0.15) is 35.2 Å². The molecule has 0 unspecified atom stereocenters. The Morgan fingerprint density at radius 3 is 2.43 bits per heavy atom. The first-order valence-corrected chi connectivity index (χ1v) is 9.58. The van der Waals surface area contributed by atoms with Gasteiger partial charge in [0, 0.05) is 41.7 Å². The summed E-state index contributed by atoms with van der Waals surface area (Å²) in [7, 11) is 0. The normalized spacial score (nSPS) is 13.7. The average molecular weight is 398 g/mol. The second kappa shape index (κ2) is 8.79. The average Bonchev–Trinajstić information content (AvgIpc) is 2.69. The monoisotopic (exact) mass is 398 g/mol. The van der Waals surface area contributed by atoms with Crippen LogP contribution in [0.4, 0.5) is 17.1 Å². The Balaban J connectivity index is 1.61. The first-order valence-electron chi connectivity index (χ1n) is 9.17. The summed E-state index contributed by atoms with van der Waals surface area (Å²) >= 11 is 5.21. The lowest BCUT2D eigenvalue weighted by molar-refractivity contribution is -0.385. The molecule has 146 valence electrons. The zero-order chi connectivity index (χ0) is 20.1. The van der Waals surface area contributed by atoms with Crippen LogP contribution in [0.5, 0.6) is 0 Å². The number of rotatable bonds is 4. The highest BCUT2D eigenvalue weighted by Crippen LogP contribution is 2.22. The van der Waals surface area contributed by atoms with E-state index in [0.717, 1.165) is 18.8 Å². The summed E-state index contributed by atoms with van der Waals surface area (Å²) in [6.07, 6.45) is 3.72. The molecule has 0 aromatic heterocycles. The maximum Gasteiger partial charge on any atom is 0.273 e. The number of benzene rings is 2. The molecule has 0 saturated carbocycles. The second-order valence-electron chi connectivity index (χ2n) is 6.71. The van der Waals surface area contributed by atoms with E-state index in [4.69, 9.17) is 12.2 Å². The molecule has 1 fully saturated rings. The fourth-order valence-corrected chi connectivity index (χ4v) is 3.52. The third kappa shape index (κ3) is 4.64. The zero-order valence-electron chi connectivity index (χ0n) is 15.6. The highest BCUT2D eigenvalue weighted by atomic mass is 32.1. The predicted molar refractivity (Wildman–Crippen MR) is 114 cm³/mol. The summed E-state index contributed by atoms with van der Waals surface area (Å²) in [5.41, 5.74) is 2.37. The van der Waals surface area contributed by atoms with Crippen molar-refractivity contribution in [3.63, 3.8) is 0 Å². The molecule has 0 bridgehead atoms. The van der Waals surface area contributed by atoms with Crippen molar-refractivity contribution in [1.29, 1.82) is 0 Å². The van der Waals surface area contributed by atoms with Crippen molar-refractivity contribution in [3.8, 4) is 0 Å². The van der Waals surface area contributed by atoms with Crippen molar-refractivity contribution in [2.24, 2.45) is 0 Å². The number of carbonyl (C=O) groups is 1. The number of nitro benzene ring substituents is 1. The number of carbonyl (C=O) groups excluding carboxylic acids is 1. The van der Waals surface area contributed by atoms with E-state index in [1.54, 1.807) is 6.92 Å². The Labute approximate surface area is 168 Å². The van der Waals surface area contributed by atoms with Gasteiger partial charge in [0.2, 0.25) is 0 Å². The molecule has 2 N–H and O–H groups in total. The molecule has 1 amide bonds. The van der Waals surface area contributed by atoms with Gasteiger partial charge in [0.1, 0.15) is 0 Å². The SMILES string of the molecule is Cc1c(C(=O)NC(=S)Nc2ccc(N3CCCCC3)cc2)cccc1[N+](=O)[O-]. The molecule has 0 radical (unpaired) electrons. The molecule has 1 aliphatic heterocycles. The van der Waals surface area contributed by atoms with Crippen molar-refractivity contribution in [3.05, 3.63) is 63.7 Å². The molecule has 8 heteroatoms. The highest BCUT2D eigenvalue weighted by Gasteiger charge is 2.18. The Bertz CT molecular complexity index is 893. The number of nitrogens with one attached hydrogen (secondary N) is 2. The van der Waals surface area contributed by atoms with Crippen LogP contribution < -0.4 is 15.5 Å². The van der Waals surface area contributed by atoms with Crippen LogP contribution in [0.3, 0.4) is 0 Å². The maximum atomic E-state index is 12.4. The van der Waals surface area contributed by atoms with Gasteiger partial charge in [-0.25, -0.2) is 0 Å². The number of nitrogens with zero attached hydrogens (tertiary/aromatic N) is 2. The van der Waals surface area contributed by atoms with Crippen molar-refractivity contribution in [1.82, 2.24) is 5.32 Å². The van der Waals surface area contributed by atoms with Gasteiger partial charge in [-0.3, -0.25) is 20.2 Å². The van der Waals surface area contributed by atoms with E-state index >= 15 is 0 Å². The van der Waals surface area contributed by atoms with Gasteiger partial charge in [-0.05, 0) is 68.7 Å². The van der Waals surface area contributed by atoms with Crippen LogP contribution in [-0.4, -0.2) is 29.0 Å². The van der Waals surface area contributed by atoms with Crippen LogP contribution in [0, 0.1) is 17.0 Å². The molecule has 0 atom stereocenters. The largest absolute Gasteiger partial charge is 0.372 e. The van der Waals surface area contributed by atoms with Crippen molar-refractivity contribution in [2.45, 2.75) is 26.2 Å². The zero-order valence-corrected chi connectivity index (χ0v) is 16.4. The number of amides is 1. The minimum atomic E-state index is -0.507. The van der Waals surface area contributed by atoms with Crippen LogP contribution >= 0.6 is 12.2 Å². The second-order valence-corrected chi connectivity index (χ2v) is 7.12. The summed E-state index contributed by atoms with van der Waals surface area (Å²) in [6.45, 7) is 3.69. The first kappa shape index (κ1) is 19.8. The Hall–Kier alpha value is -3.00. The highest BCUT2D eigenvalue weighted by molar-refractivity contribution is 7.80. The fourth-order valence-electron chi connectivity index (χ4n) is 3.31. The summed E-state index contributed by atoms with van der Waals surface area (Å²) in [4.78, 5) is 25.3. The van der Waals surface area contributed by atoms with Gasteiger partial charge >= 0.3 is 0 Å². The van der Waals surface area contributed by atoms with Gasteiger partial charge in [0.05, 0.1) is 4.92 Å². The van der Waals surface area contributed by atoms with Crippen molar-refractivity contribution < 1.29 is 9.72 Å². The molecule has 2 aromatic carbocycles. The van der Waals surface area contributed by atoms with Crippen LogP contribution in [0.2, 0.25) is 0 Å².